The zero-order valence-electron chi connectivity index (χ0n) is 15.9. The Hall–Kier alpha value is -3.37. The number of rotatable bonds is 4. The molecule has 0 aliphatic carbocycles. The number of non-ortho nitro benzene ring substituents is 1. The summed E-state index contributed by atoms with van der Waals surface area (Å²) in [6.45, 7) is -0.183. The number of benzene rings is 2. The predicted molar refractivity (Wildman–Crippen MR) is 115 cm³/mol. The lowest BCUT2D eigenvalue weighted by molar-refractivity contribution is -0.383. The third-order valence-corrected chi connectivity index (χ3v) is 5.20. The molecule has 0 spiro atoms. The van der Waals surface area contributed by atoms with E-state index in [2.05, 4.69) is 15.3 Å². The van der Waals surface area contributed by atoms with Gasteiger partial charge < -0.3 is 9.72 Å². The third-order valence-electron chi connectivity index (χ3n) is 4.70. The summed E-state index contributed by atoms with van der Waals surface area (Å²) in [5, 5.41) is 14.3. The molecule has 2 heterocycles. The number of carbonyl (C=O) groups is 2. The van der Waals surface area contributed by atoms with Gasteiger partial charge in [-0.05, 0) is 36.6 Å². The quantitative estimate of drug-likeness (QED) is 0.437. The van der Waals surface area contributed by atoms with Gasteiger partial charge in [-0.15, -0.1) is 0 Å². The zero-order chi connectivity index (χ0) is 22.1. The first kappa shape index (κ1) is 20.9. The van der Waals surface area contributed by atoms with Crippen molar-refractivity contribution >= 4 is 63.6 Å². The number of nitro groups is 1. The fourth-order valence-electron chi connectivity index (χ4n) is 3.43. The lowest BCUT2D eigenvalue weighted by atomic mass is 10.0. The van der Waals surface area contributed by atoms with Gasteiger partial charge in [0.1, 0.15) is 0 Å². The third kappa shape index (κ3) is 4.25. The number of carbonyl (C=O) groups excluding carboxylic acids is 2. The molecule has 3 aromatic rings. The van der Waals surface area contributed by atoms with E-state index >= 15 is 0 Å². The molecule has 1 aliphatic heterocycles. The van der Waals surface area contributed by atoms with Gasteiger partial charge in [-0.3, -0.25) is 25.1 Å². The van der Waals surface area contributed by atoms with E-state index in [0.29, 0.717) is 34.2 Å². The summed E-state index contributed by atoms with van der Waals surface area (Å²) in [6, 6.07) is 7.69. The maximum Gasteiger partial charge on any atom is 0.414 e. The molecule has 0 radical (unpaired) electrons. The van der Waals surface area contributed by atoms with E-state index in [-0.39, 0.29) is 17.2 Å². The zero-order valence-corrected chi connectivity index (χ0v) is 17.4. The summed E-state index contributed by atoms with van der Waals surface area (Å²) < 4.78 is 5.13. The van der Waals surface area contributed by atoms with Gasteiger partial charge in [0.2, 0.25) is 5.95 Å². The van der Waals surface area contributed by atoms with Crippen molar-refractivity contribution in [3.8, 4) is 0 Å². The van der Waals surface area contributed by atoms with E-state index in [1.54, 1.807) is 18.2 Å². The van der Waals surface area contributed by atoms with Crippen molar-refractivity contribution in [1.29, 1.82) is 0 Å². The molecule has 1 aromatic heterocycles. The summed E-state index contributed by atoms with van der Waals surface area (Å²) in [5.74, 6) is -0.652. The van der Waals surface area contributed by atoms with Gasteiger partial charge in [0.15, 0.2) is 12.1 Å². The Labute approximate surface area is 185 Å². The molecule has 0 saturated carbocycles. The number of halogens is 2. The standard InChI is InChI=1S/C19H15Cl2N5O5/c20-11-7-10-3-2-6-25(17(10)12(21)8-11)19(28)31-9-15(27)23-18-22-13-4-1-5-14(26(29)30)16(13)24-18/h1,4-5,7-8H,2-3,6,9H2,(H2,22,23,24,27). The SMILES string of the molecule is O=C(COC(=O)N1CCCc2cc(Cl)cc(Cl)c21)Nc1nc2c([N+](=O)[O-])cccc2[nH]1. The highest BCUT2D eigenvalue weighted by Crippen LogP contribution is 2.37. The lowest BCUT2D eigenvalue weighted by Crippen LogP contribution is -2.37. The summed E-state index contributed by atoms with van der Waals surface area (Å²) >= 11 is 12.3. The molecule has 2 aromatic carbocycles. The van der Waals surface area contributed by atoms with Crippen molar-refractivity contribution < 1.29 is 19.2 Å². The number of anilines is 2. The topological polar surface area (TPSA) is 130 Å². The Morgan fingerprint density at radius 1 is 1.32 bits per heavy atom. The average molecular weight is 464 g/mol. The van der Waals surface area contributed by atoms with E-state index < -0.39 is 23.5 Å². The fraction of sp³-hybridized carbons (Fsp3) is 0.211. The monoisotopic (exact) mass is 463 g/mol. The van der Waals surface area contributed by atoms with Crippen LogP contribution in [-0.2, 0) is 16.0 Å². The summed E-state index contributed by atoms with van der Waals surface area (Å²) in [4.78, 5) is 43.5. The number of amides is 2. The van der Waals surface area contributed by atoms with Crippen LogP contribution in [0, 0.1) is 10.1 Å². The number of H-pyrrole nitrogens is 1. The number of ether oxygens (including phenoxy) is 1. The highest BCUT2D eigenvalue weighted by Gasteiger charge is 2.27. The molecule has 1 aliphatic rings. The highest BCUT2D eigenvalue weighted by atomic mass is 35.5. The number of fused-ring (bicyclic) bond motifs is 2. The molecule has 0 saturated heterocycles. The van der Waals surface area contributed by atoms with E-state index in [9.17, 15) is 19.7 Å². The molecule has 0 unspecified atom stereocenters. The van der Waals surface area contributed by atoms with Gasteiger partial charge in [0.05, 0.1) is 21.2 Å². The van der Waals surface area contributed by atoms with Gasteiger partial charge in [0, 0.05) is 17.6 Å². The second-order valence-corrected chi connectivity index (χ2v) is 7.61. The number of aromatic amines is 1. The van der Waals surface area contributed by atoms with E-state index in [0.717, 1.165) is 12.0 Å². The van der Waals surface area contributed by atoms with Crippen LogP contribution in [0.3, 0.4) is 0 Å². The van der Waals surface area contributed by atoms with E-state index in [1.807, 2.05) is 0 Å². The molecule has 2 N–H and O–H groups in total. The number of imidazole rings is 1. The minimum Gasteiger partial charge on any atom is -0.439 e. The van der Waals surface area contributed by atoms with E-state index in [1.165, 1.54) is 17.0 Å². The average Bonchev–Trinajstić information content (AvgIpc) is 3.13. The van der Waals surface area contributed by atoms with Crippen molar-refractivity contribution in [2.45, 2.75) is 12.8 Å². The number of hydrogen-bond acceptors (Lipinski definition) is 6. The smallest absolute Gasteiger partial charge is 0.414 e. The van der Waals surface area contributed by atoms with Crippen LogP contribution in [0.25, 0.3) is 11.0 Å². The normalized spacial score (nSPS) is 13.0. The molecule has 160 valence electrons. The number of aryl methyl sites for hydroxylation is 1. The molecule has 0 bridgehead atoms. The summed E-state index contributed by atoms with van der Waals surface area (Å²) in [7, 11) is 0. The lowest BCUT2D eigenvalue weighted by Gasteiger charge is -2.29. The molecule has 0 fully saturated rings. The van der Waals surface area contributed by atoms with Crippen LogP contribution < -0.4 is 10.2 Å². The van der Waals surface area contributed by atoms with Crippen LogP contribution in [0.4, 0.5) is 22.1 Å². The molecule has 4 rings (SSSR count). The summed E-state index contributed by atoms with van der Waals surface area (Å²) in [5.41, 5.74) is 1.65. The number of nitro benzene ring substituents is 1. The fourth-order valence-corrected chi connectivity index (χ4v) is 4.07. The number of para-hydroxylation sites is 1. The van der Waals surface area contributed by atoms with Crippen molar-refractivity contribution in [2.75, 3.05) is 23.4 Å². The second kappa shape index (κ2) is 8.40. The second-order valence-electron chi connectivity index (χ2n) is 6.77. The number of nitrogens with one attached hydrogen (secondary N) is 2. The molecular formula is C19H15Cl2N5O5. The van der Waals surface area contributed by atoms with E-state index in [4.69, 9.17) is 27.9 Å². The molecule has 10 nitrogen and oxygen atoms in total. The predicted octanol–water partition coefficient (Wildman–Crippen LogP) is 4.31. The first-order valence-corrected chi connectivity index (χ1v) is 9.94. The molecule has 2 amide bonds. The van der Waals surface area contributed by atoms with Crippen molar-refractivity contribution in [3.05, 3.63) is 56.1 Å². The van der Waals surface area contributed by atoms with Crippen LogP contribution in [0.1, 0.15) is 12.0 Å². The van der Waals surface area contributed by atoms with Gasteiger partial charge in [-0.2, -0.15) is 0 Å². The Bertz CT molecular complexity index is 1210. The van der Waals surface area contributed by atoms with Crippen LogP contribution in [0.15, 0.2) is 30.3 Å². The molecule has 0 atom stereocenters. The first-order valence-electron chi connectivity index (χ1n) is 9.18. The Kier molecular flexibility index (Phi) is 5.66. The van der Waals surface area contributed by atoms with Crippen molar-refractivity contribution in [1.82, 2.24) is 9.97 Å². The van der Waals surface area contributed by atoms with Crippen LogP contribution in [0.5, 0.6) is 0 Å². The Morgan fingerprint density at radius 2 is 2.13 bits per heavy atom. The number of aromatic nitrogens is 2. The van der Waals surface area contributed by atoms with Crippen molar-refractivity contribution in [3.63, 3.8) is 0 Å². The molecule has 12 heteroatoms. The van der Waals surface area contributed by atoms with Crippen molar-refractivity contribution in [2.24, 2.45) is 0 Å². The maximum atomic E-state index is 12.5. The van der Waals surface area contributed by atoms with Crippen LogP contribution in [0.2, 0.25) is 10.0 Å². The number of nitrogens with zero attached hydrogens (tertiary/aromatic N) is 3. The maximum absolute atomic E-state index is 12.5. The largest absolute Gasteiger partial charge is 0.439 e. The minimum absolute atomic E-state index is 0.00588. The van der Waals surface area contributed by atoms with Gasteiger partial charge in [0.25, 0.3) is 11.6 Å². The minimum atomic E-state index is -0.722. The Balaban J connectivity index is 1.42. The van der Waals surface area contributed by atoms with Gasteiger partial charge in [-0.1, -0.05) is 29.3 Å². The summed E-state index contributed by atoms with van der Waals surface area (Å²) in [6.07, 6.45) is 0.696. The Morgan fingerprint density at radius 3 is 2.90 bits per heavy atom. The molecule has 31 heavy (non-hydrogen) atoms. The highest BCUT2D eigenvalue weighted by molar-refractivity contribution is 6.37. The molecular weight excluding hydrogens is 449 g/mol. The first-order chi connectivity index (χ1) is 14.8. The van der Waals surface area contributed by atoms with Crippen LogP contribution >= 0.6 is 23.2 Å². The van der Waals surface area contributed by atoms with Gasteiger partial charge >= 0.3 is 6.09 Å². The number of hydrogen-bond donors (Lipinski definition) is 2. The van der Waals surface area contributed by atoms with Gasteiger partial charge in [-0.25, -0.2) is 9.78 Å². The van der Waals surface area contributed by atoms with Crippen LogP contribution in [-0.4, -0.2) is 40.0 Å².